The van der Waals surface area contributed by atoms with Gasteiger partial charge in [-0.1, -0.05) is 6.07 Å². The van der Waals surface area contributed by atoms with E-state index in [0.717, 1.165) is 72.5 Å². The monoisotopic (exact) mass is 433 g/mol. The lowest BCUT2D eigenvalue weighted by Crippen LogP contribution is -2.38. The number of nitrogens with zero attached hydrogens (tertiary/aromatic N) is 3. The highest BCUT2D eigenvalue weighted by Gasteiger charge is 2.19. The number of rotatable bonds is 6. The summed E-state index contributed by atoms with van der Waals surface area (Å²) in [5, 5.41) is 14.8. The first kappa shape index (κ1) is 19.9. The zero-order valence-corrected chi connectivity index (χ0v) is 17.8. The van der Waals surface area contributed by atoms with Crippen LogP contribution in [0, 0.1) is 0 Å². The summed E-state index contributed by atoms with van der Waals surface area (Å²) in [6, 6.07) is 9.66. The minimum atomic E-state index is -0.917. The highest BCUT2D eigenvalue weighted by Crippen LogP contribution is 2.35. The Labute approximate surface area is 184 Å². The number of benzene rings is 1. The van der Waals surface area contributed by atoms with Gasteiger partial charge in [-0.2, -0.15) is 11.3 Å². The van der Waals surface area contributed by atoms with Crippen LogP contribution in [-0.2, 0) is 11.3 Å². The number of carboxylic acids is 1. The SMILES string of the molecule is O=C(O)c1cccc2c1c(-c1cncc(-c3ccsc3)c1)cn2CCN1CCOCC1. The van der Waals surface area contributed by atoms with E-state index in [1.807, 2.05) is 29.9 Å². The standard InChI is InChI=1S/C24H23N3O3S/c28-24(29)20-2-1-3-22-23(20)21(15-27(22)6-5-26-7-9-30-10-8-26)19-12-18(13-25-14-19)17-4-11-31-16-17/h1-4,11-16H,5-10H2,(H,28,29). The quantitative estimate of drug-likeness (QED) is 0.486. The van der Waals surface area contributed by atoms with Gasteiger partial charge in [-0.3, -0.25) is 9.88 Å². The van der Waals surface area contributed by atoms with Crippen LogP contribution in [0.2, 0.25) is 0 Å². The predicted molar refractivity (Wildman–Crippen MR) is 123 cm³/mol. The molecule has 6 nitrogen and oxygen atoms in total. The molecular formula is C24H23N3O3S. The summed E-state index contributed by atoms with van der Waals surface area (Å²) in [5.74, 6) is -0.917. The molecule has 7 heteroatoms. The van der Waals surface area contributed by atoms with Crippen LogP contribution in [-0.4, -0.2) is 58.4 Å². The molecule has 0 unspecified atom stereocenters. The lowest BCUT2D eigenvalue weighted by atomic mass is 10.00. The van der Waals surface area contributed by atoms with E-state index in [9.17, 15) is 9.90 Å². The smallest absolute Gasteiger partial charge is 0.336 e. The average Bonchev–Trinajstić information content (AvgIpc) is 3.47. The van der Waals surface area contributed by atoms with E-state index in [1.54, 1.807) is 17.4 Å². The molecule has 158 valence electrons. The van der Waals surface area contributed by atoms with Crippen molar-refractivity contribution in [2.24, 2.45) is 0 Å². The normalized spacial score (nSPS) is 14.8. The molecule has 1 aliphatic heterocycles. The number of pyridine rings is 1. The molecule has 3 aromatic heterocycles. The summed E-state index contributed by atoms with van der Waals surface area (Å²) in [6.45, 7) is 5.08. The average molecular weight is 434 g/mol. The van der Waals surface area contributed by atoms with Gasteiger partial charge in [0.15, 0.2) is 0 Å². The molecule has 31 heavy (non-hydrogen) atoms. The summed E-state index contributed by atoms with van der Waals surface area (Å²) in [7, 11) is 0. The van der Waals surface area contributed by atoms with Crippen LogP contribution >= 0.6 is 11.3 Å². The maximum Gasteiger partial charge on any atom is 0.336 e. The Kier molecular flexibility index (Phi) is 5.55. The van der Waals surface area contributed by atoms with E-state index in [4.69, 9.17) is 4.74 Å². The number of ether oxygens (including phenoxy) is 1. The number of carbonyl (C=O) groups is 1. The van der Waals surface area contributed by atoms with Gasteiger partial charge in [0.1, 0.15) is 0 Å². The van der Waals surface area contributed by atoms with Crippen molar-refractivity contribution in [2.45, 2.75) is 6.54 Å². The largest absolute Gasteiger partial charge is 0.478 e. The number of fused-ring (bicyclic) bond motifs is 1. The highest BCUT2D eigenvalue weighted by atomic mass is 32.1. The molecule has 0 spiro atoms. The molecule has 4 heterocycles. The second kappa shape index (κ2) is 8.63. The first-order valence-electron chi connectivity index (χ1n) is 10.3. The third-order valence-corrected chi connectivity index (χ3v) is 6.48. The topological polar surface area (TPSA) is 67.6 Å². The number of hydrogen-bond donors (Lipinski definition) is 1. The summed E-state index contributed by atoms with van der Waals surface area (Å²) < 4.78 is 7.62. The van der Waals surface area contributed by atoms with Crippen molar-refractivity contribution in [3.05, 3.63) is 65.2 Å². The number of carboxylic acid groups (broad SMARTS) is 1. The predicted octanol–water partition coefficient (Wildman–Crippen LogP) is 4.46. The van der Waals surface area contributed by atoms with Crippen LogP contribution in [0.25, 0.3) is 33.2 Å². The van der Waals surface area contributed by atoms with E-state index in [2.05, 4.69) is 38.2 Å². The third-order valence-electron chi connectivity index (χ3n) is 5.80. The lowest BCUT2D eigenvalue weighted by molar-refractivity contribution is 0.0365. The minimum Gasteiger partial charge on any atom is -0.478 e. The fourth-order valence-corrected chi connectivity index (χ4v) is 4.85. The fourth-order valence-electron chi connectivity index (χ4n) is 4.18. The molecular weight excluding hydrogens is 410 g/mol. The van der Waals surface area contributed by atoms with E-state index in [-0.39, 0.29) is 0 Å². The van der Waals surface area contributed by atoms with Gasteiger partial charge in [-0.15, -0.1) is 0 Å². The molecule has 0 saturated carbocycles. The zero-order valence-electron chi connectivity index (χ0n) is 17.0. The van der Waals surface area contributed by atoms with Crippen LogP contribution in [0.1, 0.15) is 10.4 Å². The van der Waals surface area contributed by atoms with Crippen LogP contribution in [0.4, 0.5) is 0 Å². The molecule has 0 aliphatic carbocycles. The van der Waals surface area contributed by atoms with Crippen molar-refractivity contribution < 1.29 is 14.6 Å². The number of hydrogen-bond acceptors (Lipinski definition) is 5. The first-order valence-corrected chi connectivity index (χ1v) is 11.3. The molecule has 5 rings (SSSR count). The van der Waals surface area contributed by atoms with Gasteiger partial charge in [0.25, 0.3) is 0 Å². The maximum absolute atomic E-state index is 12.0. The Morgan fingerprint density at radius 3 is 2.71 bits per heavy atom. The summed E-state index contributed by atoms with van der Waals surface area (Å²) in [6.07, 6.45) is 5.74. The van der Waals surface area contributed by atoms with Crippen molar-refractivity contribution in [2.75, 3.05) is 32.8 Å². The minimum absolute atomic E-state index is 0.318. The van der Waals surface area contributed by atoms with Crippen LogP contribution < -0.4 is 0 Å². The molecule has 1 fully saturated rings. The molecule has 0 radical (unpaired) electrons. The van der Waals surface area contributed by atoms with E-state index in [0.29, 0.717) is 5.56 Å². The van der Waals surface area contributed by atoms with E-state index >= 15 is 0 Å². The Hall–Kier alpha value is -3.00. The number of morpholine rings is 1. The summed E-state index contributed by atoms with van der Waals surface area (Å²) >= 11 is 1.65. The van der Waals surface area contributed by atoms with Crippen molar-refractivity contribution in [3.63, 3.8) is 0 Å². The van der Waals surface area contributed by atoms with Crippen molar-refractivity contribution in [3.8, 4) is 22.3 Å². The molecule has 0 amide bonds. The molecule has 1 aromatic carbocycles. The number of aromatic carboxylic acids is 1. The summed E-state index contributed by atoms with van der Waals surface area (Å²) in [5.41, 5.74) is 5.23. The number of thiophene rings is 1. The third kappa shape index (κ3) is 3.99. The van der Waals surface area contributed by atoms with Crippen molar-refractivity contribution in [1.82, 2.24) is 14.5 Å². The Morgan fingerprint density at radius 1 is 1.10 bits per heavy atom. The van der Waals surface area contributed by atoms with Gasteiger partial charge < -0.3 is 14.4 Å². The molecule has 1 saturated heterocycles. The highest BCUT2D eigenvalue weighted by molar-refractivity contribution is 7.08. The van der Waals surface area contributed by atoms with Gasteiger partial charge in [0, 0.05) is 72.4 Å². The Morgan fingerprint density at radius 2 is 1.94 bits per heavy atom. The van der Waals surface area contributed by atoms with Crippen LogP contribution in [0.15, 0.2) is 59.7 Å². The Balaban J connectivity index is 1.58. The van der Waals surface area contributed by atoms with Gasteiger partial charge in [-0.05, 0) is 40.6 Å². The van der Waals surface area contributed by atoms with Crippen LogP contribution in [0.5, 0.6) is 0 Å². The van der Waals surface area contributed by atoms with Crippen molar-refractivity contribution in [1.29, 1.82) is 0 Å². The molecule has 4 aromatic rings. The van der Waals surface area contributed by atoms with Gasteiger partial charge in [-0.25, -0.2) is 4.79 Å². The molecule has 1 aliphatic rings. The van der Waals surface area contributed by atoms with Crippen molar-refractivity contribution >= 4 is 28.2 Å². The van der Waals surface area contributed by atoms with E-state index in [1.165, 1.54) is 0 Å². The second-order valence-corrected chi connectivity index (χ2v) is 8.45. The number of aromatic nitrogens is 2. The van der Waals surface area contributed by atoms with Gasteiger partial charge in [0.05, 0.1) is 18.8 Å². The Bertz CT molecular complexity index is 1210. The van der Waals surface area contributed by atoms with Gasteiger partial charge in [0.2, 0.25) is 0 Å². The lowest BCUT2D eigenvalue weighted by Gasteiger charge is -2.26. The van der Waals surface area contributed by atoms with E-state index < -0.39 is 5.97 Å². The first-order chi connectivity index (χ1) is 15.2. The fraction of sp³-hybridized carbons (Fsp3) is 0.250. The molecule has 0 atom stereocenters. The maximum atomic E-state index is 12.0. The van der Waals surface area contributed by atoms with Crippen LogP contribution in [0.3, 0.4) is 0 Å². The second-order valence-electron chi connectivity index (χ2n) is 7.67. The van der Waals surface area contributed by atoms with Gasteiger partial charge >= 0.3 is 5.97 Å². The summed E-state index contributed by atoms with van der Waals surface area (Å²) in [4.78, 5) is 18.9. The molecule has 0 bridgehead atoms. The molecule has 1 N–H and O–H groups in total. The zero-order chi connectivity index (χ0) is 21.2.